The highest BCUT2D eigenvalue weighted by Gasteiger charge is 2.79. The molecular weight excluding hydrogens is 1360 g/mol. The van der Waals surface area contributed by atoms with Crippen molar-refractivity contribution in [2.45, 2.75) is 260 Å². The molecule has 0 amide bonds. The lowest BCUT2D eigenvalue weighted by molar-refractivity contribution is -0.403. The van der Waals surface area contributed by atoms with Crippen molar-refractivity contribution in [2.24, 2.45) is 39.4 Å². The zero-order chi connectivity index (χ0) is 71.4. The van der Waals surface area contributed by atoms with Gasteiger partial charge in [-0.15, -0.1) is 0 Å². The van der Waals surface area contributed by atoms with E-state index >= 15 is 0 Å². The van der Waals surface area contributed by atoms with Gasteiger partial charge in [0.2, 0.25) is 0 Å². The number of carbonyl (C=O) groups is 2. The molecule has 0 bridgehead atoms. The van der Waals surface area contributed by atoms with E-state index in [-0.39, 0.29) is 30.0 Å². The molecule has 31 unspecified atom stereocenters. The van der Waals surface area contributed by atoms with Crippen LogP contribution in [0, 0.1) is 39.4 Å². The van der Waals surface area contributed by atoms with Gasteiger partial charge in [-0.2, -0.15) is 25.3 Å². The number of ketones is 1. The quantitative estimate of drug-likeness (QED) is 0.0309. The molecule has 4 aliphatic carbocycles. The maximum absolute atomic E-state index is 14.5. The molecule has 6 aliphatic heterocycles. The van der Waals surface area contributed by atoms with Gasteiger partial charge in [-0.3, -0.25) is 23.2 Å². The number of fused-ring (bicyclic) bond motifs is 4. The van der Waals surface area contributed by atoms with Gasteiger partial charge in [-0.1, -0.05) is 51.0 Å². The van der Waals surface area contributed by atoms with Crippen molar-refractivity contribution < 1.29 is 164 Å². The predicted octanol–water partition coefficient (Wildman–Crippen LogP) is -2.26. The molecule has 10 aliphatic rings. The molecule has 0 aromatic rings. The normalized spacial score (nSPS) is 47.8. The molecule has 35 nitrogen and oxygen atoms in total. The number of hydrogen-bond donors (Lipinski definition) is 12. The van der Waals surface area contributed by atoms with E-state index in [0.717, 1.165) is 18.3 Å². The summed E-state index contributed by atoms with van der Waals surface area (Å²) in [5.74, 6) is -1.18. The first kappa shape index (κ1) is 77.1. The van der Waals surface area contributed by atoms with Crippen molar-refractivity contribution in [1.82, 2.24) is 0 Å². The second kappa shape index (κ2) is 28.5. The molecule has 10 rings (SSSR count). The number of hydrogen-bond acceptors (Lipinski definition) is 32. The molecule has 3 saturated carbocycles. The minimum absolute atomic E-state index is 0.00736. The fourth-order valence-electron chi connectivity index (χ4n) is 17.4. The Balaban J connectivity index is 0.922. The van der Waals surface area contributed by atoms with Gasteiger partial charge in [-0.05, 0) is 95.3 Å². The highest BCUT2D eigenvalue weighted by Crippen LogP contribution is 2.75. The Hall–Kier alpha value is -2.57. The summed E-state index contributed by atoms with van der Waals surface area (Å²) < 4.78 is 186. The fourth-order valence-corrected chi connectivity index (χ4v) is 18.5. The molecule has 0 aromatic heterocycles. The summed E-state index contributed by atoms with van der Waals surface area (Å²) in [6, 6.07) is 0. The number of ether oxygens (including phenoxy) is 12. The number of methoxy groups -OCH3 is 1. The summed E-state index contributed by atoms with van der Waals surface area (Å²) in [5.41, 5.74) is -1.90. The number of cyclic esters (lactones) is 1. The molecule has 0 aromatic carbocycles. The van der Waals surface area contributed by atoms with Gasteiger partial charge in [0.25, 0.3) is 0 Å². The smallest absolute Gasteiger partial charge is 0.397 e. The number of esters is 1. The lowest BCUT2D eigenvalue weighted by atomic mass is 9.41. The lowest BCUT2D eigenvalue weighted by Gasteiger charge is -2.63. The van der Waals surface area contributed by atoms with Crippen molar-refractivity contribution in [1.29, 1.82) is 0 Å². The van der Waals surface area contributed by atoms with Gasteiger partial charge in [0.15, 0.2) is 31.5 Å². The summed E-state index contributed by atoms with van der Waals surface area (Å²) in [7, 11) is -14.8. The van der Waals surface area contributed by atoms with Crippen LogP contribution in [0.25, 0.3) is 0 Å². The van der Waals surface area contributed by atoms with E-state index in [2.05, 4.69) is 27.4 Å². The topological polar surface area (TPSA) is 518 Å². The Morgan fingerprint density at radius 1 is 0.619 bits per heavy atom. The first-order chi connectivity index (χ1) is 45.0. The first-order valence-electron chi connectivity index (χ1n) is 32.1. The number of aliphatic hydroxyl groups excluding tert-OH is 9. The van der Waals surface area contributed by atoms with Crippen molar-refractivity contribution >= 4 is 42.9 Å². The maximum atomic E-state index is 14.5. The van der Waals surface area contributed by atoms with Crippen LogP contribution in [-0.4, -0.2) is 283 Å². The average molecular weight is 1460 g/mol. The molecular formula is C59H92O35S3. The van der Waals surface area contributed by atoms with Gasteiger partial charge in [-0.25, -0.2) is 12.5 Å². The third kappa shape index (κ3) is 14.8. The van der Waals surface area contributed by atoms with Crippen molar-refractivity contribution in [3.63, 3.8) is 0 Å². The summed E-state index contributed by atoms with van der Waals surface area (Å²) in [6.07, 6.45) is -38.7. The minimum Gasteiger partial charge on any atom is -0.458 e. The lowest BCUT2D eigenvalue weighted by Crippen LogP contribution is -2.68. The van der Waals surface area contributed by atoms with Gasteiger partial charge in [0.05, 0.1) is 50.0 Å². The van der Waals surface area contributed by atoms with E-state index in [1.165, 1.54) is 6.92 Å². The molecule has 556 valence electrons. The number of allylic oxidation sites excluding steroid dienone is 4. The minimum atomic E-state index is -5.34. The molecule has 12 N–H and O–H groups in total. The summed E-state index contributed by atoms with van der Waals surface area (Å²) in [5, 5.41) is 103. The van der Waals surface area contributed by atoms with Crippen LogP contribution >= 0.6 is 0 Å². The van der Waals surface area contributed by atoms with Crippen LogP contribution < -0.4 is 0 Å². The average Bonchev–Trinajstić information content (AvgIpc) is 1.52. The second-order valence-corrected chi connectivity index (χ2v) is 31.9. The van der Waals surface area contributed by atoms with E-state index < -0.39 is 238 Å². The van der Waals surface area contributed by atoms with Gasteiger partial charge in [0, 0.05) is 18.9 Å². The monoisotopic (exact) mass is 1460 g/mol. The zero-order valence-electron chi connectivity index (χ0n) is 54.7. The summed E-state index contributed by atoms with van der Waals surface area (Å²) in [4.78, 5) is 29.0. The third-order valence-electron chi connectivity index (χ3n) is 22.1. The molecule has 1 spiro atoms. The van der Waals surface area contributed by atoms with Gasteiger partial charge in [0.1, 0.15) is 115 Å². The standard InChI is InChI=1S/C59H92O35S3/c1-24(2)11-10-16-58(8)48-28(60)19-57(7)27-12-13-33-55(4,5)34(15-17-56(33,6)26(27)14-18-59(48,57)54(70)93-58)88-52-46(38(65)32(21-82-52)94-97(77,78)79)92-53-47(91-49-39(66)35(62)29(61)20-81-49)40(67)43(25(3)85-53)89-51-42(69)45(37(64)31(87-51)23-84-96(74,75)76)90-50-41(68)44(80-9)36(63)30(86-50)22-83-95(71,72)73/h11-12,25-26,29-53,61-69H,10,13-23H2,1-9H3,(H,71,72,73)(H,74,75,76)(H,77,78,79). The largest absolute Gasteiger partial charge is 0.458 e. The highest BCUT2D eigenvalue weighted by atomic mass is 32.3. The molecule has 97 heavy (non-hydrogen) atoms. The Morgan fingerprint density at radius 3 is 1.78 bits per heavy atom. The number of Topliss-reactive ketones (excluding diaryl/α,β-unsaturated/α-hetero) is 1. The Kier molecular flexibility index (Phi) is 22.6. The van der Waals surface area contributed by atoms with Crippen LogP contribution in [0.5, 0.6) is 0 Å². The Bertz CT molecular complexity index is 3260. The maximum Gasteiger partial charge on any atom is 0.397 e. The Labute approximate surface area is 560 Å². The Morgan fingerprint density at radius 2 is 1.19 bits per heavy atom. The van der Waals surface area contributed by atoms with Crippen LogP contribution in [0.3, 0.4) is 0 Å². The van der Waals surface area contributed by atoms with Crippen molar-refractivity contribution in [3.8, 4) is 0 Å². The summed E-state index contributed by atoms with van der Waals surface area (Å²) >= 11 is 0. The molecule has 31 atom stereocenters. The van der Waals surface area contributed by atoms with Crippen LogP contribution in [0.1, 0.15) is 107 Å². The van der Waals surface area contributed by atoms with E-state index in [1.807, 2.05) is 41.5 Å². The highest BCUT2D eigenvalue weighted by molar-refractivity contribution is 7.81. The molecule has 6 saturated heterocycles. The van der Waals surface area contributed by atoms with E-state index in [9.17, 15) is 94.5 Å². The van der Waals surface area contributed by atoms with Crippen LogP contribution in [-0.2, 0) is 110 Å². The number of carbonyl (C=O) groups excluding carboxylic acids is 2. The van der Waals surface area contributed by atoms with E-state index in [1.54, 1.807) is 0 Å². The van der Waals surface area contributed by atoms with Gasteiger partial charge >= 0.3 is 37.2 Å². The zero-order valence-corrected chi connectivity index (χ0v) is 57.2. The third-order valence-corrected chi connectivity index (χ3v) is 23.5. The fraction of sp³-hybridized carbons (Fsp3) is 0.898. The first-order valence-corrected chi connectivity index (χ1v) is 36.2. The SMILES string of the molecule is COC1C(O)C(COS(=O)(=O)O)OC(OC2C(O)C(COS(=O)(=O)O)OC(OC3C(C)OC(OC4C(OC5CCC6(C)C7CCC89C(=O)OC(C)(CCC=C(C)C)C8C(=O)CC9(C)C7=CCC6C5(C)C)OCC(OS(=O)(=O)O)C4O)C(OC4OCC(O)C(O)C4O)C3O)C2O)C1O. The molecule has 38 heteroatoms. The van der Waals surface area contributed by atoms with E-state index in [0.29, 0.717) is 44.9 Å². The number of rotatable bonds is 22. The van der Waals surface area contributed by atoms with Crippen LogP contribution in [0.15, 0.2) is 23.3 Å². The summed E-state index contributed by atoms with van der Waals surface area (Å²) in [6.45, 7) is 11.5. The molecule has 9 fully saturated rings. The van der Waals surface area contributed by atoms with Crippen molar-refractivity contribution in [3.05, 3.63) is 23.3 Å². The number of aliphatic hydroxyl groups is 9. The van der Waals surface area contributed by atoms with Crippen molar-refractivity contribution in [2.75, 3.05) is 33.5 Å². The van der Waals surface area contributed by atoms with Crippen LogP contribution in [0.4, 0.5) is 0 Å². The second-order valence-electron chi connectivity index (χ2n) is 28.7. The van der Waals surface area contributed by atoms with E-state index in [4.69, 9.17) is 61.0 Å². The molecule has 6 heterocycles. The van der Waals surface area contributed by atoms with Gasteiger partial charge < -0.3 is 103 Å². The predicted molar refractivity (Wildman–Crippen MR) is 319 cm³/mol. The van der Waals surface area contributed by atoms with Crippen LogP contribution in [0.2, 0.25) is 0 Å². The molecule has 0 radical (unpaired) electrons.